The summed E-state index contributed by atoms with van der Waals surface area (Å²) in [4.78, 5) is 14.4. The van der Waals surface area contributed by atoms with Gasteiger partial charge in [-0.3, -0.25) is 4.79 Å². The van der Waals surface area contributed by atoms with Crippen molar-refractivity contribution in [2.75, 3.05) is 7.11 Å². The minimum absolute atomic E-state index is 0.0664. The molecule has 142 valence electrons. The van der Waals surface area contributed by atoms with E-state index < -0.39 is 26.9 Å². The summed E-state index contributed by atoms with van der Waals surface area (Å²) < 4.78 is 70.5. The van der Waals surface area contributed by atoms with E-state index in [4.69, 9.17) is 4.74 Å². The van der Waals surface area contributed by atoms with Crippen LogP contribution in [0.15, 0.2) is 53.3 Å². The van der Waals surface area contributed by atoms with Crippen LogP contribution in [0, 0.1) is 0 Å². The number of benzene rings is 2. The van der Waals surface area contributed by atoms with Crippen molar-refractivity contribution in [3.05, 3.63) is 58.9 Å². The molecule has 10 heteroatoms. The van der Waals surface area contributed by atoms with Crippen molar-refractivity contribution in [3.8, 4) is 22.6 Å². The van der Waals surface area contributed by atoms with Crippen molar-refractivity contribution in [1.29, 1.82) is 0 Å². The fourth-order valence-electron chi connectivity index (χ4n) is 2.44. The third-order valence-corrected chi connectivity index (χ3v) is 4.66. The second kappa shape index (κ2) is 6.62. The van der Waals surface area contributed by atoms with E-state index in [9.17, 15) is 26.4 Å². The molecule has 1 N–H and O–H groups in total. The number of methoxy groups -OCH3 is 1. The van der Waals surface area contributed by atoms with Crippen molar-refractivity contribution >= 4 is 21.0 Å². The van der Waals surface area contributed by atoms with Crippen molar-refractivity contribution < 1.29 is 30.5 Å². The molecule has 3 aromatic rings. The molecule has 0 aliphatic carbocycles. The molecule has 0 bridgehead atoms. The highest BCUT2D eigenvalue weighted by atomic mass is 32.2. The molecular formula is C17H12F3NO5S. The van der Waals surface area contributed by atoms with E-state index in [1.807, 2.05) is 0 Å². The number of nitrogens with one attached hydrogen (secondary N) is 1. The van der Waals surface area contributed by atoms with E-state index in [0.29, 0.717) is 5.56 Å². The molecule has 27 heavy (non-hydrogen) atoms. The van der Waals surface area contributed by atoms with Crippen LogP contribution in [0.25, 0.3) is 22.0 Å². The van der Waals surface area contributed by atoms with Crippen LogP contribution in [0.5, 0.6) is 11.5 Å². The summed E-state index contributed by atoms with van der Waals surface area (Å²) in [5.74, 6) is -0.611. The van der Waals surface area contributed by atoms with Gasteiger partial charge in [-0.15, -0.1) is 0 Å². The first-order valence-corrected chi connectivity index (χ1v) is 8.84. The number of hydrogen-bond donors (Lipinski definition) is 1. The van der Waals surface area contributed by atoms with Crippen LogP contribution in [0.2, 0.25) is 0 Å². The van der Waals surface area contributed by atoms with Gasteiger partial charge in [-0.25, -0.2) is 0 Å². The Morgan fingerprint density at radius 1 is 1.00 bits per heavy atom. The molecule has 3 rings (SSSR count). The Hall–Kier alpha value is -3.01. The molecule has 0 spiro atoms. The van der Waals surface area contributed by atoms with E-state index in [1.54, 1.807) is 30.3 Å². The Morgan fingerprint density at radius 3 is 2.22 bits per heavy atom. The van der Waals surface area contributed by atoms with Gasteiger partial charge in [0.2, 0.25) is 0 Å². The van der Waals surface area contributed by atoms with Gasteiger partial charge in [-0.05, 0) is 23.8 Å². The molecule has 6 nitrogen and oxygen atoms in total. The normalized spacial score (nSPS) is 12.1. The van der Waals surface area contributed by atoms with Crippen molar-refractivity contribution in [2.24, 2.45) is 0 Å². The topological polar surface area (TPSA) is 85.5 Å². The van der Waals surface area contributed by atoms with Crippen molar-refractivity contribution in [1.82, 2.24) is 4.98 Å². The molecule has 0 fully saturated rings. The maximum absolute atomic E-state index is 12.8. The highest BCUT2D eigenvalue weighted by molar-refractivity contribution is 7.88. The molecule has 0 radical (unpaired) electrons. The predicted octanol–water partition coefficient (Wildman–Crippen LogP) is 3.43. The lowest BCUT2D eigenvalue weighted by molar-refractivity contribution is -0.0499. The molecule has 2 aromatic carbocycles. The SMILES string of the molecule is COc1cc2cc(OS(=O)(=O)C(F)(F)F)c(-c3ccccc3)cc2[nH]c1=O. The van der Waals surface area contributed by atoms with E-state index in [0.717, 1.165) is 6.07 Å². The largest absolute Gasteiger partial charge is 0.534 e. The van der Waals surface area contributed by atoms with Gasteiger partial charge in [0.15, 0.2) is 11.5 Å². The Balaban J connectivity index is 2.28. The Bertz CT molecular complexity index is 1150. The molecule has 0 saturated carbocycles. The molecule has 0 saturated heterocycles. The number of aromatic nitrogens is 1. The zero-order valence-corrected chi connectivity index (χ0v) is 14.5. The molecule has 1 heterocycles. The number of aromatic amines is 1. The zero-order valence-electron chi connectivity index (χ0n) is 13.7. The minimum atomic E-state index is -5.88. The van der Waals surface area contributed by atoms with Gasteiger partial charge in [0.1, 0.15) is 0 Å². The number of pyridine rings is 1. The van der Waals surface area contributed by atoms with Gasteiger partial charge < -0.3 is 13.9 Å². The first kappa shape index (κ1) is 18.8. The molecule has 0 aliphatic heterocycles. The quantitative estimate of drug-likeness (QED) is 0.537. The van der Waals surface area contributed by atoms with Gasteiger partial charge >= 0.3 is 15.6 Å². The second-order valence-corrected chi connectivity index (χ2v) is 6.99. The maximum atomic E-state index is 12.8. The minimum Gasteiger partial charge on any atom is -0.491 e. The van der Waals surface area contributed by atoms with Crippen LogP contribution >= 0.6 is 0 Å². The lowest BCUT2D eigenvalue weighted by atomic mass is 10.0. The molecule has 0 amide bonds. The highest BCUT2D eigenvalue weighted by Crippen LogP contribution is 2.37. The number of rotatable bonds is 4. The van der Waals surface area contributed by atoms with Crippen LogP contribution in [0.1, 0.15) is 0 Å². The van der Waals surface area contributed by atoms with Gasteiger partial charge in [0, 0.05) is 16.5 Å². The fourth-order valence-corrected chi connectivity index (χ4v) is 2.91. The van der Waals surface area contributed by atoms with E-state index >= 15 is 0 Å². The zero-order chi connectivity index (χ0) is 19.8. The third kappa shape index (κ3) is 3.61. The predicted molar refractivity (Wildman–Crippen MR) is 92.2 cm³/mol. The van der Waals surface area contributed by atoms with Gasteiger partial charge in [-0.2, -0.15) is 21.6 Å². The maximum Gasteiger partial charge on any atom is 0.534 e. The van der Waals surface area contributed by atoms with E-state index in [1.165, 1.54) is 19.2 Å². The number of ether oxygens (including phenoxy) is 1. The average molecular weight is 399 g/mol. The van der Waals surface area contributed by atoms with Crippen LogP contribution in [0.4, 0.5) is 13.2 Å². The molecule has 0 atom stereocenters. The number of fused-ring (bicyclic) bond motifs is 1. The number of alkyl halides is 3. The summed E-state index contributed by atoms with van der Waals surface area (Å²) in [7, 11) is -4.63. The summed E-state index contributed by atoms with van der Waals surface area (Å²) in [5.41, 5.74) is -5.38. The Kier molecular flexibility index (Phi) is 4.60. The molecule has 1 aromatic heterocycles. The van der Waals surface area contributed by atoms with Crippen LogP contribution in [-0.2, 0) is 10.1 Å². The number of H-pyrrole nitrogens is 1. The molecule has 0 unspecified atom stereocenters. The summed E-state index contributed by atoms with van der Waals surface area (Å²) in [6.45, 7) is 0. The lowest BCUT2D eigenvalue weighted by Gasteiger charge is -2.14. The first-order valence-electron chi connectivity index (χ1n) is 7.43. The van der Waals surface area contributed by atoms with Gasteiger partial charge in [-0.1, -0.05) is 30.3 Å². The summed E-state index contributed by atoms with van der Waals surface area (Å²) >= 11 is 0. The van der Waals surface area contributed by atoms with Crippen LogP contribution < -0.4 is 14.5 Å². The molecule has 0 aliphatic rings. The average Bonchev–Trinajstić information content (AvgIpc) is 2.60. The summed E-state index contributed by atoms with van der Waals surface area (Å²) in [5, 5.41) is 0.235. The summed E-state index contributed by atoms with van der Waals surface area (Å²) in [6, 6.07) is 11.8. The Labute approximate surface area is 151 Å². The van der Waals surface area contributed by atoms with Gasteiger partial charge in [0.25, 0.3) is 5.56 Å². The number of halogens is 3. The lowest BCUT2D eigenvalue weighted by Crippen LogP contribution is -2.28. The van der Waals surface area contributed by atoms with Crippen molar-refractivity contribution in [2.45, 2.75) is 5.51 Å². The standard InChI is InChI=1S/C17H12F3NO5S/c1-25-15-8-11-7-14(26-27(23,24)17(18,19)20)12(9-13(11)21-16(15)22)10-5-3-2-4-6-10/h2-9H,1H3,(H,21,22). The Morgan fingerprint density at radius 2 is 1.63 bits per heavy atom. The monoisotopic (exact) mass is 399 g/mol. The van der Waals surface area contributed by atoms with Crippen LogP contribution in [-0.4, -0.2) is 26.0 Å². The van der Waals surface area contributed by atoms with Gasteiger partial charge in [0.05, 0.1) is 7.11 Å². The van der Waals surface area contributed by atoms with E-state index in [-0.39, 0.29) is 22.2 Å². The number of hydrogen-bond acceptors (Lipinski definition) is 5. The first-order chi connectivity index (χ1) is 12.6. The molecular weight excluding hydrogens is 387 g/mol. The summed E-state index contributed by atoms with van der Waals surface area (Å²) in [6.07, 6.45) is 0. The van der Waals surface area contributed by atoms with E-state index in [2.05, 4.69) is 9.17 Å². The van der Waals surface area contributed by atoms with Crippen molar-refractivity contribution in [3.63, 3.8) is 0 Å². The second-order valence-electron chi connectivity index (χ2n) is 5.45. The van der Waals surface area contributed by atoms with Crippen LogP contribution in [0.3, 0.4) is 0 Å². The highest BCUT2D eigenvalue weighted by Gasteiger charge is 2.48. The smallest absolute Gasteiger partial charge is 0.491 e. The third-order valence-electron chi connectivity index (χ3n) is 3.70. The fraction of sp³-hybridized carbons (Fsp3) is 0.118.